The minimum Gasteiger partial charge on any atom is -0.333 e. The molecule has 17 heavy (non-hydrogen) atoms. The van der Waals surface area contributed by atoms with Crippen molar-refractivity contribution in [3.8, 4) is 0 Å². The lowest BCUT2D eigenvalue weighted by Gasteiger charge is -2.47. The first-order chi connectivity index (χ1) is 8.06. The molecule has 4 heteroatoms. The minimum atomic E-state index is -0.174. The molecule has 0 unspecified atom stereocenters. The number of amides is 1. The van der Waals surface area contributed by atoms with Crippen LogP contribution in [0.2, 0.25) is 0 Å². The summed E-state index contributed by atoms with van der Waals surface area (Å²) in [7, 11) is 0. The molecule has 1 aromatic rings. The molecule has 1 fully saturated rings. The highest BCUT2D eigenvalue weighted by atomic mass is 16.2. The number of hydrogen-bond donors (Lipinski definition) is 1. The zero-order chi connectivity index (χ0) is 12.5. The maximum absolute atomic E-state index is 12.1. The van der Waals surface area contributed by atoms with Gasteiger partial charge in [-0.25, -0.2) is 0 Å². The molecule has 1 aliphatic heterocycles. The van der Waals surface area contributed by atoms with Gasteiger partial charge < -0.3 is 10.6 Å². The van der Waals surface area contributed by atoms with Crippen LogP contribution in [0.25, 0.3) is 0 Å². The third-order valence-corrected chi connectivity index (χ3v) is 3.26. The van der Waals surface area contributed by atoms with Crippen LogP contribution in [0.15, 0.2) is 18.3 Å². The standard InChI is InChI=1S/C13H19N3O/c1-3-6-13(14)8-16(9-13)12(17)11-10(2)5-4-7-15-11/h4-5,7H,3,6,8-9,14H2,1-2H3. The Kier molecular flexibility index (Phi) is 3.15. The largest absolute Gasteiger partial charge is 0.333 e. The van der Waals surface area contributed by atoms with Gasteiger partial charge in [-0.1, -0.05) is 19.4 Å². The molecule has 2 N–H and O–H groups in total. The summed E-state index contributed by atoms with van der Waals surface area (Å²) in [5, 5.41) is 0. The van der Waals surface area contributed by atoms with E-state index in [9.17, 15) is 4.79 Å². The Bertz CT molecular complexity index is 424. The van der Waals surface area contributed by atoms with E-state index in [0.29, 0.717) is 18.8 Å². The average Bonchev–Trinajstić information content (AvgIpc) is 2.26. The van der Waals surface area contributed by atoms with Crippen molar-refractivity contribution in [2.75, 3.05) is 13.1 Å². The smallest absolute Gasteiger partial charge is 0.272 e. The number of aromatic nitrogens is 1. The van der Waals surface area contributed by atoms with Crippen LogP contribution in [-0.4, -0.2) is 34.4 Å². The van der Waals surface area contributed by atoms with Crippen LogP contribution >= 0.6 is 0 Å². The number of aryl methyl sites for hydroxylation is 1. The third kappa shape index (κ3) is 2.31. The van der Waals surface area contributed by atoms with Gasteiger partial charge in [0.2, 0.25) is 0 Å². The van der Waals surface area contributed by atoms with Crippen molar-refractivity contribution in [3.05, 3.63) is 29.6 Å². The summed E-state index contributed by atoms with van der Waals surface area (Å²) in [6, 6.07) is 3.74. The molecule has 0 atom stereocenters. The van der Waals surface area contributed by atoms with E-state index in [0.717, 1.165) is 18.4 Å². The van der Waals surface area contributed by atoms with E-state index in [4.69, 9.17) is 5.73 Å². The van der Waals surface area contributed by atoms with Crippen LogP contribution in [0.3, 0.4) is 0 Å². The maximum Gasteiger partial charge on any atom is 0.272 e. The Morgan fingerprint density at radius 1 is 1.59 bits per heavy atom. The molecule has 1 saturated heterocycles. The van der Waals surface area contributed by atoms with E-state index in [2.05, 4.69) is 11.9 Å². The average molecular weight is 233 g/mol. The Morgan fingerprint density at radius 3 is 2.88 bits per heavy atom. The molecule has 4 nitrogen and oxygen atoms in total. The second kappa shape index (κ2) is 4.45. The number of rotatable bonds is 3. The van der Waals surface area contributed by atoms with Crippen LogP contribution in [0.1, 0.15) is 35.8 Å². The third-order valence-electron chi connectivity index (χ3n) is 3.26. The molecule has 1 amide bonds. The van der Waals surface area contributed by atoms with Crippen molar-refractivity contribution in [2.45, 2.75) is 32.2 Å². The molecule has 0 saturated carbocycles. The van der Waals surface area contributed by atoms with Crippen molar-refractivity contribution in [1.29, 1.82) is 0 Å². The SMILES string of the molecule is CCCC1(N)CN(C(=O)c2ncccc2C)C1. The van der Waals surface area contributed by atoms with Crippen molar-refractivity contribution >= 4 is 5.91 Å². The molecule has 0 aromatic carbocycles. The quantitative estimate of drug-likeness (QED) is 0.857. The summed E-state index contributed by atoms with van der Waals surface area (Å²) in [6.45, 7) is 5.31. The Labute approximate surface area is 102 Å². The zero-order valence-corrected chi connectivity index (χ0v) is 10.4. The molecular weight excluding hydrogens is 214 g/mol. The molecule has 1 aliphatic rings. The van der Waals surface area contributed by atoms with Crippen LogP contribution in [-0.2, 0) is 0 Å². The van der Waals surface area contributed by atoms with E-state index in [1.165, 1.54) is 0 Å². The number of pyridine rings is 1. The van der Waals surface area contributed by atoms with E-state index in [1.54, 1.807) is 11.1 Å². The second-order valence-corrected chi connectivity index (χ2v) is 4.94. The summed E-state index contributed by atoms with van der Waals surface area (Å²) < 4.78 is 0. The van der Waals surface area contributed by atoms with Crippen LogP contribution in [0, 0.1) is 6.92 Å². The fraction of sp³-hybridized carbons (Fsp3) is 0.538. The van der Waals surface area contributed by atoms with E-state index >= 15 is 0 Å². The predicted molar refractivity (Wildman–Crippen MR) is 66.7 cm³/mol. The molecule has 0 bridgehead atoms. The lowest BCUT2D eigenvalue weighted by Crippen LogP contribution is -2.68. The van der Waals surface area contributed by atoms with Crippen molar-refractivity contribution < 1.29 is 4.79 Å². The van der Waals surface area contributed by atoms with Crippen molar-refractivity contribution in [2.24, 2.45) is 5.73 Å². The van der Waals surface area contributed by atoms with Gasteiger partial charge in [0.15, 0.2) is 0 Å². The van der Waals surface area contributed by atoms with Gasteiger partial charge in [-0.15, -0.1) is 0 Å². The minimum absolute atomic E-state index is 0.000257. The van der Waals surface area contributed by atoms with Crippen LogP contribution < -0.4 is 5.73 Å². The molecule has 92 valence electrons. The lowest BCUT2D eigenvalue weighted by atomic mass is 9.86. The van der Waals surface area contributed by atoms with Gasteiger partial charge in [-0.2, -0.15) is 0 Å². The van der Waals surface area contributed by atoms with Gasteiger partial charge in [0, 0.05) is 19.3 Å². The monoisotopic (exact) mass is 233 g/mol. The maximum atomic E-state index is 12.1. The molecule has 2 rings (SSSR count). The fourth-order valence-electron chi connectivity index (χ4n) is 2.37. The second-order valence-electron chi connectivity index (χ2n) is 4.94. The first-order valence-electron chi connectivity index (χ1n) is 6.05. The fourth-order valence-corrected chi connectivity index (χ4v) is 2.37. The molecule has 0 aliphatic carbocycles. The molecular formula is C13H19N3O. The van der Waals surface area contributed by atoms with Crippen LogP contribution in [0.4, 0.5) is 0 Å². The number of likely N-dealkylation sites (tertiary alicyclic amines) is 1. The molecule has 1 aromatic heterocycles. The zero-order valence-electron chi connectivity index (χ0n) is 10.4. The van der Waals surface area contributed by atoms with Gasteiger partial charge >= 0.3 is 0 Å². The van der Waals surface area contributed by atoms with Gasteiger partial charge in [0.05, 0.1) is 5.54 Å². The number of nitrogens with two attached hydrogens (primary N) is 1. The Morgan fingerprint density at radius 2 is 2.29 bits per heavy atom. The highest BCUT2D eigenvalue weighted by Crippen LogP contribution is 2.25. The number of nitrogens with zero attached hydrogens (tertiary/aromatic N) is 2. The summed E-state index contributed by atoms with van der Waals surface area (Å²) in [4.78, 5) is 18.1. The van der Waals surface area contributed by atoms with Crippen LogP contribution in [0.5, 0.6) is 0 Å². The number of carbonyl (C=O) groups excluding carboxylic acids is 1. The number of carbonyl (C=O) groups is 1. The predicted octanol–water partition coefficient (Wildman–Crippen LogP) is 1.34. The molecule has 2 heterocycles. The summed E-state index contributed by atoms with van der Waals surface area (Å²) in [5.74, 6) is 0.000257. The first kappa shape index (κ1) is 12.0. The van der Waals surface area contributed by atoms with E-state index < -0.39 is 0 Å². The van der Waals surface area contributed by atoms with Crippen molar-refractivity contribution in [1.82, 2.24) is 9.88 Å². The van der Waals surface area contributed by atoms with Gasteiger partial charge in [0.25, 0.3) is 5.91 Å². The summed E-state index contributed by atoms with van der Waals surface area (Å²) >= 11 is 0. The normalized spacial score (nSPS) is 17.7. The highest BCUT2D eigenvalue weighted by molar-refractivity contribution is 5.94. The van der Waals surface area contributed by atoms with Gasteiger partial charge in [-0.05, 0) is 25.0 Å². The number of hydrogen-bond acceptors (Lipinski definition) is 3. The van der Waals surface area contributed by atoms with Gasteiger partial charge in [-0.3, -0.25) is 9.78 Å². The molecule has 0 spiro atoms. The van der Waals surface area contributed by atoms with E-state index in [1.807, 2.05) is 19.1 Å². The first-order valence-corrected chi connectivity index (χ1v) is 6.05. The Hall–Kier alpha value is -1.42. The Balaban J connectivity index is 2.03. The summed E-state index contributed by atoms with van der Waals surface area (Å²) in [5.41, 5.74) is 7.44. The van der Waals surface area contributed by atoms with Gasteiger partial charge in [0.1, 0.15) is 5.69 Å². The van der Waals surface area contributed by atoms with Crippen molar-refractivity contribution in [3.63, 3.8) is 0 Å². The topological polar surface area (TPSA) is 59.2 Å². The molecule has 0 radical (unpaired) electrons. The lowest BCUT2D eigenvalue weighted by molar-refractivity contribution is 0.0380. The highest BCUT2D eigenvalue weighted by Gasteiger charge is 2.41. The summed E-state index contributed by atoms with van der Waals surface area (Å²) in [6.07, 6.45) is 3.68. The van der Waals surface area contributed by atoms with E-state index in [-0.39, 0.29) is 11.4 Å².